The van der Waals surface area contributed by atoms with E-state index in [-0.39, 0.29) is 5.91 Å². The van der Waals surface area contributed by atoms with E-state index in [1.807, 2.05) is 0 Å². The van der Waals surface area contributed by atoms with Gasteiger partial charge in [-0.05, 0) is 49.7 Å². The minimum Gasteiger partial charge on any atom is -0.490 e. The van der Waals surface area contributed by atoms with Crippen molar-refractivity contribution in [1.29, 1.82) is 0 Å². The molecule has 0 bridgehead atoms. The molecule has 0 radical (unpaired) electrons. The number of hydrogen-bond acceptors (Lipinski definition) is 4. The summed E-state index contributed by atoms with van der Waals surface area (Å²) in [6.45, 7) is 4.43. The van der Waals surface area contributed by atoms with Crippen LogP contribution in [0.3, 0.4) is 0 Å². The third-order valence-corrected chi connectivity index (χ3v) is 4.41. The van der Waals surface area contributed by atoms with Crippen molar-refractivity contribution in [3.05, 3.63) is 53.6 Å². The Morgan fingerprint density at radius 3 is 2.31 bits per heavy atom. The van der Waals surface area contributed by atoms with E-state index in [4.69, 9.17) is 9.47 Å². The Morgan fingerprint density at radius 1 is 1.00 bits per heavy atom. The SMILES string of the molecule is CC(C)(C(=O)O)c1ccc(NC(=O)c2ccc3c(c2)OCCCO3)cc1. The Kier molecular flexibility index (Phi) is 4.84. The lowest BCUT2D eigenvalue weighted by molar-refractivity contribution is -0.142. The summed E-state index contributed by atoms with van der Waals surface area (Å²) in [5.74, 6) is 0.0281. The first-order chi connectivity index (χ1) is 12.4. The molecule has 0 aliphatic carbocycles. The summed E-state index contributed by atoms with van der Waals surface area (Å²) in [7, 11) is 0. The minimum absolute atomic E-state index is 0.272. The van der Waals surface area contributed by atoms with Gasteiger partial charge in [-0.15, -0.1) is 0 Å². The van der Waals surface area contributed by atoms with E-state index >= 15 is 0 Å². The van der Waals surface area contributed by atoms with E-state index in [1.54, 1.807) is 56.3 Å². The average Bonchev–Trinajstić information content (AvgIpc) is 2.86. The van der Waals surface area contributed by atoms with Crippen LogP contribution in [0.5, 0.6) is 11.5 Å². The second kappa shape index (κ2) is 7.07. The number of carbonyl (C=O) groups is 2. The number of nitrogens with one attached hydrogen (secondary N) is 1. The molecule has 0 aromatic heterocycles. The van der Waals surface area contributed by atoms with Crippen LogP contribution in [0, 0.1) is 0 Å². The van der Waals surface area contributed by atoms with Crippen molar-refractivity contribution in [3.8, 4) is 11.5 Å². The van der Waals surface area contributed by atoms with Crippen molar-refractivity contribution < 1.29 is 24.2 Å². The van der Waals surface area contributed by atoms with Gasteiger partial charge in [-0.3, -0.25) is 9.59 Å². The number of carboxylic acid groups (broad SMARTS) is 1. The van der Waals surface area contributed by atoms with Gasteiger partial charge in [0.15, 0.2) is 11.5 Å². The Bertz CT molecular complexity index is 827. The number of carboxylic acids is 1. The molecular formula is C20H21NO5. The topological polar surface area (TPSA) is 84.9 Å². The van der Waals surface area contributed by atoms with E-state index in [0.29, 0.717) is 41.5 Å². The third kappa shape index (κ3) is 3.64. The van der Waals surface area contributed by atoms with Gasteiger partial charge in [0, 0.05) is 17.7 Å². The quantitative estimate of drug-likeness (QED) is 0.877. The second-order valence-electron chi connectivity index (χ2n) is 6.67. The van der Waals surface area contributed by atoms with Crippen molar-refractivity contribution >= 4 is 17.6 Å². The number of ether oxygens (including phenoxy) is 2. The van der Waals surface area contributed by atoms with Gasteiger partial charge in [0.25, 0.3) is 5.91 Å². The third-order valence-electron chi connectivity index (χ3n) is 4.41. The Morgan fingerprint density at radius 2 is 1.65 bits per heavy atom. The maximum Gasteiger partial charge on any atom is 0.313 e. The van der Waals surface area contributed by atoms with Crippen LogP contribution in [0.2, 0.25) is 0 Å². The predicted octanol–water partition coefficient (Wildman–Crippen LogP) is 3.46. The standard InChI is InChI=1S/C20H21NO5/c1-20(2,19(23)24)14-5-7-15(8-6-14)21-18(22)13-4-9-16-17(12-13)26-11-3-10-25-16/h4-9,12H,3,10-11H2,1-2H3,(H,21,22)(H,23,24). The fourth-order valence-corrected chi connectivity index (χ4v) is 2.60. The van der Waals surface area contributed by atoms with E-state index in [1.165, 1.54) is 0 Å². The summed E-state index contributed by atoms with van der Waals surface area (Å²) < 4.78 is 11.2. The molecule has 0 spiro atoms. The summed E-state index contributed by atoms with van der Waals surface area (Å²) in [5, 5.41) is 12.1. The molecule has 1 heterocycles. The molecule has 1 aliphatic rings. The van der Waals surface area contributed by atoms with Crippen LogP contribution < -0.4 is 14.8 Å². The molecule has 2 aromatic rings. The molecular weight excluding hydrogens is 334 g/mol. The molecule has 3 rings (SSSR count). The van der Waals surface area contributed by atoms with Crippen molar-refractivity contribution in [3.63, 3.8) is 0 Å². The molecule has 0 atom stereocenters. The van der Waals surface area contributed by atoms with Crippen molar-refractivity contribution in [2.45, 2.75) is 25.7 Å². The summed E-state index contributed by atoms with van der Waals surface area (Å²) in [5.41, 5.74) is 0.728. The van der Waals surface area contributed by atoms with Gasteiger partial charge < -0.3 is 19.9 Å². The summed E-state index contributed by atoms with van der Waals surface area (Å²) in [6, 6.07) is 11.9. The molecule has 0 fully saturated rings. The highest BCUT2D eigenvalue weighted by Crippen LogP contribution is 2.31. The first-order valence-electron chi connectivity index (χ1n) is 8.43. The predicted molar refractivity (Wildman–Crippen MR) is 97.1 cm³/mol. The van der Waals surface area contributed by atoms with Gasteiger partial charge in [-0.1, -0.05) is 12.1 Å². The Balaban J connectivity index is 1.74. The lowest BCUT2D eigenvalue weighted by Crippen LogP contribution is -2.28. The normalized spacial score (nSPS) is 13.6. The zero-order chi connectivity index (χ0) is 18.7. The number of anilines is 1. The fourth-order valence-electron chi connectivity index (χ4n) is 2.60. The number of amides is 1. The molecule has 26 heavy (non-hydrogen) atoms. The number of hydrogen-bond donors (Lipinski definition) is 2. The van der Waals surface area contributed by atoms with Crippen LogP contribution in [-0.4, -0.2) is 30.2 Å². The monoisotopic (exact) mass is 355 g/mol. The van der Waals surface area contributed by atoms with Crippen molar-refractivity contribution in [1.82, 2.24) is 0 Å². The number of fused-ring (bicyclic) bond motifs is 1. The van der Waals surface area contributed by atoms with E-state index < -0.39 is 11.4 Å². The van der Waals surface area contributed by atoms with Crippen LogP contribution in [-0.2, 0) is 10.2 Å². The van der Waals surface area contributed by atoms with Crippen LogP contribution in [0.15, 0.2) is 42.5 Å². The molecule has 2 aromatic carbocycles. The maximum absolute atomic E-state index is 12.5. The highest BCUT2D eigenvalue weighted by atomic mass is 16.5. The first kappa shape index (κ1) is 17.8. The number of carbonyl (C=O) groups excluding carboxylic acids is 1. The van der Waals surface area contributed by atoms with Gasteiger partial charge in [0.2, 0.25) is 0 Å². The molecule has 2 N–H and O–H groups in total. The average molecular weight is 355 g/mol. The maximum atomic E-state index is 12.5. The zero-order valence-corrected chi connectivity index (χ0v) is 14.7. The number of rotatable bonds is 4. The van der Waals surface area contributed by atoms with E-state index in [2.05, 4.69) is 5.32 Å². The van der Waals surface area contributed by atoms with Gasteiger partial charge in [-0.2, -0.15) is 0 Å². The molecule has 0 unspecified atom stereocenters. The van der Waals surface area contributed by atoms with E-state index in [9.17, 15) is 14.7 Å². The largest absolute Gasteiger partial charge is 0.490 e. The molecule has 0 saturated heterocycles. The molecule has 1 amide bonds. The summed E-state index contributed by atoms with van der Waals surface area (Å²) in [6.07, 6.45) is 0.801. The second-order valence-corrected chi connectivity index (χ2v) is 6.67. The Labute approximate surface area is 151 Å². The fraction of sp³-hybridized carbons (Fsp3) is 0.300. The van der Waals surface area contributed by atoms with Gasteiger partial charge in [-0.25, -0.2) is 0 Å². The molecule has 136 valence electrons. The highest BCUT2D eigenvalue weighted by molar-refractivity contribution is 6.04. The van der Waals surface area contributed by atoms with Crippen LogP contribution in [0.25, 0.3) is 0 Å². The van der Waals surface area contributed by atoms with Crippen LogP contribution in [0.1, 0.15) is 36.2 Å². The van der Waals surface area contributed by atoms with Gasteiger partial charge in [0.1, 0.15) is 0 Å². The minimum atomic E-state index is -0.989. The highest BCUT2D eigenvalue weighted by Gasteiger charge is 2.29. The number of benzene rings is 2. The zero-order valence-electron chi connectivity index (χ0n) is 14.7. The van der Waals surface area contributed by atoms with Gasteiger partial charge in [0.05, 0.1) is 18.6 Å². The number of aliphatic carboxylic acids is 1. The van der Waals surface area contributed by atoms with Crippen LogP contribution >= 0.6 is 0 Å². The molecule has 6 heteroatoms. The molecule has 0 saturated carbocycles. The first-order valence-corrected chi connectivity index (χ1v) is 8.43. The summed E-state index contributed by atoms with van der Waals surface area (Å²) in [4.78, 5) is 23.8. The van der Waals surface area contributed by atoms with E-state index in [0.717, 1.165) is 6.42 Å². The van der Waals surface area contributed by atoms with Crippen LogP contribution in [0.4, 0.5) is 5.69 Å². The molecule has 6 nitrogen and oxygen atoms in total. The van der Waals surface area contributed by atoms with Crippen molar-refractivity contribution in [2.75, 3.05) is 18.5 Å². The Hall–Kier alpha value is -3.02. The van der Waals surface area contributed by atoms with Crippen molar-refractivity contribution in [2.24, 2.45) is 0 Å². The smallest absolute Gasteiger partial charge is 0.313 e. The molecule has 1 aliphatic heterocycles. The summed E-state index contributed by atoms with van der Waals surface area (Å²) >= 11 is 0. The lowest BCUT2D eigenvalue weighted by atomic mass is 9.85. The van der Waals surface area contributed by atoms with Gasteiger partial charge >= 0.3 is 5.97 Å². The lowest BCUT2D eigenvalue weighted by Gasteiger charge is -2.20.